The molecule has 0 fully saturated rings. The summed E-state index contributed by atoms with van der Waals surface area (Å²) in [6.45, 7) is 3.56. The highest BCUT2D eigenvalue weighted by molar-refractivity contribution is 5.80. The molecule has 0 saturated heterocycles. The predicted molar refractivity (Wildman–Crippen MR) is 37.6 cm³/mol. The summed E-state index contributed by atoms with van der Waals surface area (Å²) in [5, 5.41) is 9.79. The van der Waals surface area contributed by atoms with Crippen molar-refractivity contribution >= 4 is 5.84 Å². The molecule has 0 saturated carbocycles. The maximum Gasteiger partial charge on any atom is 0.100 e. The SMILES string of the molecule is C=C(CC(=N)NC)OC. The van der Waals surface area contributed by atoms with E-state index in [1.54, 1.807) is 14.2 Å². The largest absolute Gasteiger partial charge is 0.501 e. The van der Waals surface area contributed by atoms with Crippen molar-refractivity contribution in [2.24, 2.45) is 0 Å². The van der Waals surface area contributed by atoms with Gasteiger partial charge in [-0.25, -0.2) is 0 Å². The molecule has 0 aliphatic heterocycles. The van der Waals surface area contributed by atoms with E-state index in [1.165, 1.54) is 0 Å². The van der Waals surface area contributed by atoms with E-state index in [-0.39, 0.29) is 0 Å². The Bertz CT molecular complexity index is 106. The van der Waals surface area contributed by atoms with Gasteiger partial charge in [0.2, 0.25) is 0 Å². The molecule has 0 heterocycles. The summed E-state index contributed by atoms with van der Waals surface area (Å²) in [6.07, 6.45) is 0.465. The summed E-state index contributed by atoms with van der Waals surface area (Å²) in [5.74, 6) is 1.02. The van der Waals surface area contributed by atoms with Crippen molar-refractivity contribution in [3.8, 4) is 0 Å². The van der Waals surface area contributed by atoms with Crippen LogP contribution in [0.5, 0.6) is 0 Å². The smallest absolute Gasteiger partial charge is 0.100 e. The zero-order valence-corrected chi connectivity index (χ0v) is 5.82. The van der Waals surface area contributed by atoms with E-state index in [0.29, 0.717) is 18.0 Å². The van der Waals surface area contributed by atoms with Crippen LogP contribution in [0.15, 0.2) is 12.3 Å². The Balaban J connectivity index is 3.47. The molecule has 0 aromatic heterocycles. The van der Waals surface area contributed by atoms with Crippen molar-refractivity contribution in [3.05, 3.63) is 12.3 Å². The fraction of sp³-hybridized carbons (Fsp3) is 0.500. The van der Waals surface area contributed by atoms with Gasteiger partial charge in [0, 0.05) is 7.05 Å². The van der Waals surface area contributed by atoms with Crippen LogP contribution in [0, 0.1) is 5.41 Å². The first kappa shape index (κ1) is 8.01. The molecule has 0 spiro atoms. The van der Waals surface area contributed by atoms with Crippen molar-refractivity contribution in [2.45, 2.75) is 6.42 Å². The standard InChI is InChI=1S/C6H12N2O/c1-5(9-3)4-6(7)8-2/h1,4H2,2-3H3,(H2,7,8). The summed E-state index contributed by atoms with van der Waals surface area (Å²) in [7, 11) is 3.25. The topological polar surface area (TPSA) is 45.1 Å². The van der Waals surface area contributed by atoms with Crippen LogP contribution in [-0.2, 0) is 4.74 Å². The van der Waals surface area contributed by atoms with Crippen LogP contribution in [-0.4, -0.2) is 20.0 Å². The Morgan fingerprint density at radius 2 is 2.33 bits per heavy atom. The molecule has 0 bridgehead atoms. The maximum atomic E-state index is 7.12. The van der Waals surface area contributed by atoms with Gasteiger partial charge in [-0.3, -0.25) is 5.41 Å². The summed E-state index contributed by atoms with van der Waals surface area (Å²) in [6, 6.07) is 0. The second-order valence-electron chi connectivity index (χ2n) is 1.65. The first-order valence-electron chi connectivity index (χ1n) is 2.67. The highest BCUT2D eigenvalue weighted by Crippen LogP contribution is 1.95. The van der Waals surface area contributed by atoms with E-state index in [0.717, 1.165) is 0 Å². The van der Waals surface area contributed by atoms with Crippen molar-refractivity contribution in [1.82, 2.24) is 5.32 Å². The lowest BCUT2D eigenvalue weighted by Crippen LogP contribution is -2.17. The molecule has 9 heavy (non-hydrogen) atoms. The molecule has 0 aliphatic rings. The van der Waals surface area contributed by atoms with E-state index < -0.39 is 0 Å². The second-order valence-corrected chi connectivity index (χ2v) is 1.65. The lowest BCUT2D eigenvalue weighted by molar-refractivity contribution is 0.289. The first-order valence-corrected chi connectivity index (χ1v) is 2.67. The van der Waals surface area contributed by atoms with Crippen molar-refractivity contribution < 1.29 is 4.74 Å². The predicted octanol–water partition coefficient (Wildman–Crippen LogP) is 0.733. The van der Waals surface area contributed by atoms with Crippen LogP contribution in [0.1, 0.15) is 6.42 Å². The molecule has 52 valence electrons. The first-order chi connectivity index (χ1) is 4.20. The zero-order valence-electron chi connectivity index (χ0n) is 5.82. The Morgan fingerprint density at radius 3 is 2.67 bits per heavy atom. The van der Waals surface area contributed by atoms with Crippen LogP contribution in [0.4, 0.5) is 0 Å². The maximum absolute atomic E-state index is 7.12. The molecular weight excluding hydrogens is 116 g/mol. The van der Waals surface area contributed by atoms with Gasteiger partial charge in [0.25, 0.3) is 0 Å². The Kier molecular flexibility index (Phi) is 3.51. The summed E-state index contributed by atoms with van der Waals surface area (Å²) in [4.78, 5) is 0. The molecule has 0 rings (SSSR count). The molecule has 0 aromatic carbocycles. The Morgan fingerprint density at radius 1 is 1.78 bits per heavy atom. The van der Waals surface area contributed by atoms with Gasteiger partial charge in [-0.15, -0.1) is 0 Å². The third-order valence-corrected chi connectivity index (χ3v) is 0.964. The van der Waals surface area contributed by atoms with Gasteiger partial charge in [-0.2, -0.15) is 0 Å². The zero-order chi connectivity index (χ0) is 7.28. The minimum Gasteiger partial charge on any atom is -0.501 e. The van der Waals surface area contributed by atoms with E-state index in [4.69, 9.17) is 10.1 Å². The van der Waals surface area contributed by atoms with E-state index in [2.05, 4.69) is 11.9 Å². The highest BCUT2D eigenvalue weighted by Gasteiger charge is 1.94. The van der Waals surface area contributed by atoms with Crippen LogP contribution in [0.3, 0.4) is 0 Å². The van der Waals surface area contributed by atoms with Crippen LogP contribution >= 0.6 is 0 Å². The minimum atomic E-state index is 0.418. The molecule has 0 unspecified atom stereocenters. The number of hydrogen-bond acceptors (Lipinski definition) is 2. The number of amidine groups is 1. The normalized spacial score (nSPS) is 8.22. The number of ether oxygens (including phenoxy) is 1. The van der Waals surface area contributed by atoms with Crippen LogP contribution in [0.25, 0.3) is 0 Å². The van der Waals surface area contributed by atoms with Gasteiger partial charge in [0.1, 0.15) is 5.84 Å². The molecule has 0 radical (unpaired) electrons. The molecule has 0 aliphatic carbocycles. The molecule has 0 aromatic rings. The number of nitrogens with one attached hydrogen (secondary N) is 2. The lowest BCUT2D eigenvalue weighted by Gasteiger charge is -2.03. The van der Waals surface area contributed by atoms with E-state index in [9.17, 15) is 0 Å². The highest BCUT2D eigenvalue weighted by atomic mass is 16.5. The Hall–Kier alpha value is -0.990. The molecule has 0 amide bonds. The summed E-state index contributed by atoms with van der Waals surface area (Å²) in [5.41, 5.74) is 0. The molecule has 3 nitrogen and oxygen atoms in total. The molecular formula is C6H12N2O. The van der Waals surface area contributed by atoms with E-state index in [1.807, 2.05) is 0 Å². The number of rotatable bonds is 3. The van der Waals surface area contributed by atoms with Crippen molar-refractivity contribution in [2.75, 3.05) is 14.2 Å². The fourth-order valence-corrected chi connectivity index (χ4v) is 0.358. The van der Waals surface area contributed by atoms with Gasteiger partial charge in [-0.1, -0.05) is 6.58 Å². The monoisotopic (exact) mass is 128 g/mol. The van der Waals surface area contributed by atoms with Crippen molar-refractivity contribution in [1.29, 1.82) is 5.41 Å². The average molecular weight is 128 g/mol. The Labute approximate surface area is 55.2 Å². The quantitative estimate of drug-likeness (QED) is 0.334. The van der Waals surface area contributed by atoms with Crippen molar-refractivity contribution in [3.63, 3.8) is 0 Å². The molecule has 0 atom stereocenters. The van der Waals surface area contributed by atoms with Gasteiger partial charge in [-0.05, 0) is 0 Å². The third-order valence-electron chi connectivity index (χ3n) is 0.964. The van der Waals surface area contributed by atoms with Gasteiger partial charge >= 0.3 is 0 Å². The van der Waals surface area contributed by atoms with Crippen LogP contribution < -0.4 is 5.32 Å². The van der Waals surface area contributed by atoms with Gasteiger partial charge in [0.15, 0.2) is 0 Å². The number of methoxy groups -OCH3 is 1. The lowest BCUT2D eigenvalue weighted by atomic mass is 10.3. The summed E-state index contributed by atoms with van der Waals surface area (Å²) >= 11 is 0. The van der Waals surface area contributed by atoms with Crippen LogP contribution in [0.2, 0.25) is 0 Å². The molecule has 2 N–H and O–H groups in total. The van der Waals surface area contributed by atoms with E-state index >= 15 is 0 Å². The van der Waals surface area contributed by atoms with Gasteiger partial charge < -0.3 is 10.1 Å². The summed E-state index contributed by atoms with van der Waals surface area (Å²) < 4.78 is 4.75. The number of hydrogen-bond donors (Lipinski definition) is 2. The molecule has 3 heteroatoms. The van der Waals surface area contributed by atoms with Gasteiger partial charge in [0.05, 0.1) is 19.3 Å². The average Bonchev–Trinajstić information content (AvgIpc) is 1.87. The minimum absolute atomic E-state index is 0.418. The second kappa shape index (κ2) is 3.95. The fourth-order valence-electron chi connectivity index (χ4n) is 0.358. The third kappa shape index (κ3) is 3.58.